The molecule has 4 N–H and O–H groups in total. The van der Waals surface area contributed by atoms with Crippen LogP contribution in [-0.2, 0) is 22.9 Å². The van der Waals surface area contributed by atoms with Crippen LogP contribution in [-0.4, -0.2) is 35.8 Å². The van der Waals surface area contributed by atoms with E-state index in [1.807, 2.05) is 12.1 Å². The van der Waals surface area contributed by atoms with Crippen LogP contribution in [0.5, 0.6) is 11.5 Å². The van der Waals surface area contributed by atoms with Gasteiger partial charge in [0.1, 0.15) is 11.4 Å². The molecule has 1 saturated heterocycles. The normalized spacial score (nSPS) is 17.9. The highest BCUT2D eigenvalue weighted by molar-refractivity contribution is 6.06. The molecule has 3 aromatic rings. The largest absolute Gasteiger partial charge is 0.453 e. The minimum atomic E-state index is -4.68. The fraction of sp³-hybridized carbons (Fsp3) is 0.393. The number of piperidine rings is 1. The summed E-state index contributed by atoms with van der Waals surface area (Å²) in [6.45, 7) is 5.50. The fourth-order valence-electron chi connectivity index (χ4n) is 5.64. The summed E-state index contributed by atoms with van der Waals surface area (Å²) < 4.78 is 53.2. The molecule has 1 amide bonds. The lowest BCUT2D eigenvalue weighted by Gasteiger charge is -2.24. The molecule has 4 heterocycles. The monoisotopic (exact) mass is 554 g/mol. The number of halogens is 3. The van der Waals surface area contributed by atoms with Crippen LogP contribution >= 0.6 is 0 Å². The number of aromatic nitrogens is 2. The first-order chi connectivity index (χ1) is 19.1. The Kier molecular flexibility index (Phi) is 6.44. The third kappa shape index (κ3) is 4.66. The first-order valence-corrected chi connectivity index (χ1v) is 13.1. The molecular weight excluding hydrogens is 525 g/mol. The van der Waals surface area contributed by atoms with Crippen molar-refractivity contribution in [3.8, 4) is 11.5 Å². The lowest BCUT2D eigenvalue weighted by atomic mass is 9.83. The summed E-state index contributed by atoms with van der Waals surface area (Å²) in [5.41, 5.74) is 1.84. The highest BCUT2D eigenvalue weighted by atomic mass is 19.4. The summed E-state index contributed by atoms with van der Waals surface area (Å²) in [7, 11) is 0. The summed E-state index contributed by atoms with van der Waals surface area (Å²) in [6, 6.07) is 9.10. The minimum Gasteiger partial charge on any atom is -0.453 e. The molecule has 6 rings (SSSR count). The maximum absolute atomic E-state index is 13.9. The van der Waals surface area contributed by atoms with Gasteiger partial charge in [-0.15, -0.1) is 0 Å². The van der Waals surface area contributed by atoms with Gasteiger partial charge in [0.15, 0.2) is 11.5 Å². The van der Waals surface area contributed by atoms with Crippen LogP contribution in [0.2, 0.25) is 0 Å². The smallest absolute Gasteiger partial charge is 0.421 e. The Labute approximate surface area is 228 Å². The molecule has 0 saturated carbocycles. The van der Waals surface area contributed by atoms with E-state index in [2.05, 4.69) is 31.2 Å². The van der Waals surface area contributed by atoms with Crippen molar-refractivity contribution in [1.29, 1.82) is 0 Å². The quantitative estimate of drug-likeness (QED) is 0.326. The summed E-state index contributed by atoms with van der Waals surface area (Å²) in [5, 5.41) is 12.0. The van der Waals surface area contributed by atoms with E-state index >= 15 is 0 Å². The minimum absolute atomic E-state index is 0.0262. The van der Waals surface area contributed by atoms with Gasteiger partial charge in [-0.25, -0.2) is 4.98 Å². The standard InChI is InChI=1S/C28H29F3N6O3/c1-27(2)21-16(4-3-5-19(21)35-25(27)38)12-33-24-18(28(29,30)31)13-34-26(37-24)36-20-7-6-17(15-8-10-32-11-9-15)22-23(20)40-14-39-22/h3-7,13,15,32H,8-12,14H2,1-2H3,(H,35,38)(H2,33,34,36,37). The van der Waals surface area contributed by atoms with E-state index in [0.717, 1.165) is 43.3 Å². The number of rotatable bonds is 6. The van der Waals surface area contributed by atoms with E-state index in [9.17, 15) is 18.0 Å². The van der Waals surface area contributed by atoms with Crippen LogP contribution in [0.1, 0.15) is 54.9 Å². The molecule has 9 nitrogen and oxygen atoms in total. The number of carbonyl (C=O) groups is 1. The van der Waals surface area contributed by atoms with Crippen LogP contribution in [0.3, 0.4) is 0 Å². The zero-order valence-corrected chi connectivity index (χ0v) is 22.0. The molecule has 12 heteroatoms. The average molecular weight is 555 g/mol. The maximum Gasteiger partial charge on any atom is 0.421 e. The summed E-state index contributed by atoms with van der Waals surface area (Å²) >= 11 is 0. The number of hydrogen-bond donors (Lipinski definition) is 4. The predicted molar refractivity (Wildman–Crippen MR) is 143 cm³/mol. The van der Waals surface area contributed by atoms with Gasteiger partial charge >= 0.3 is 6.18 Å². The van der Waals surface area contributed by atoms with E-state index in [0.29, 0.717) is 34.4 Å². The zero-order chi connectivity index (χ0) is 28.1. The van der Waals surface area contributed by atoms with Crippen molar-refractivity contribution in [2.45, 2.75) is 50.7 Å². The van der Waals surface area contributed by atoms with Crippen LogP contribution in [0, 0.1) is 0 Å². The summed E-state index contributed by atoms with van der Waals surface area (Å²) in [6.07, 6.45) is -1.97. The Bertz CT molecular complexity index is 1470. The van der Waals surface area contributed by atoms with E-state index < -0.39 is 17.2 Å². The van der Waals surface area contributed by atoms with Crippen LogP contribution in [0.15, 0.2) is 36.5 Å². The van der Waals surface area contributed by atoms with E-state index in [1.165, 1.54) is 0 Å². The average Bonchev–Trinajstić information content (AvgIpc) is 3.51. The highest BCUT2D eigenvalue weighted by Crippen LogP contribution is 2.47. The van der Waals surface area contributed by atoms with Crippen LogP contribution < -0.4 is 30.7 Å². The summed E-state index contributed by atoms with van der Waals surface area (Å²) in [5.74, 6) is 0.901. The van der Waals surface area contributed by atoms with Gasteiger partial charge in [-0.05, 0) is 69.0 Å². The van der Waals surface area contributed by atoms with Crippen molar-refractivity contribution < 1.29 is 27.4 Å². The van der Waals surface area contributed by atoms with Gasteiger partial charge in [0.2, 0.25) is 18.6 Å². The van der Waals surface area contributed by atoms with Gasteiger partial charge in [-0.2, -0.15) is 18.2 Å². The topological polar surface area (TPSA) is 109 Å². The van der Waals surface area contributed by atoms with Gasteiger partial charge in [0, 0.05) is 24.0 Å². The fourth-order valence-corrected chi connectivity index (χ4v) is 5.64. The second-order valence-corrected chi connectivity index (χ2v) is 10.6. The van der Waals surface area contributed by atoms with Crippen LogP contribution in [0.4, 0.5) is 36.3 Å². The van der Waals surface area contributed by atoms with Gasteiger partial charge < -0.3 is 30.7 Å². The first-order valence-electron chi connectivity index (χ1n) is 13.1. The Balaban J connectivity index is 1.29. The van der Waals surface area contributed by atoms with Gasteiger partial charge in [0.25, 0.3) is 0 Å². The molecule has 0 spiro atoms. The van der Waals surface area contributed by atoms with Gasteiger partial charge in [0.05, 0.1) is 11.1 Å². The number of carbonyl (C=O) groups excluding carboxylic acids is 1. The number of fused-ring (bicyclic) bond motifs is 2. The predicted octanol–water partition coefficient (Wildman–Crippen LogP) is 5.28. The molecule has 0 bridgehead atoms. The molecule has 0 unspecified atom stereocenters. The SMILES string of the molecule is CC1(C)C(=O)Nc2cccc(CNc3nc(Nc4ccc(C5CCNCC5)c5c4OCO5)ncc3C(F)(F)F)c21. The number of amides is 1. The zero-order valence-electron chi connectivity index (χ0n) is 22.0. The number of alkyl halides is 3. The van der Waals surface area contributed by atoms with E-state index in [4.69, 9.17) is 9.47 Å². The molecule has 1 aromatic heterocycles. The Morgan fingerprint density at radius 1 is 1.10 bits per heavy atom. The molecule has 2 aromatic carbocycles. The lowest BCUT2D eigenvalue weighted by Crippen LogP contribution is -2.28. The van der Waals surface area contributed by atoms with E-state index in [-0.39, 0.29) is 31.0 Å². The first kappa shape index (κ1) is 26.2. The summed E-state index contributed by atoms with van der Waals surface area (Å²) in [4.78, 5) is 20.6. The van der Waals surface area contributed by atoms with Crippen molar-refractivity contribution in [1.82, 2.24) is 15.3 Å². The second kappa shape index (κ2) is 9.84. The number of ether oxygens (including phenoxy) is 2. The second-order valence-electron chi connectivity index (χ2n) is 10.6. The number of nitrogens with one attached hydrogen (secondary N) is 4. The molecule has 0 radical (unpaired) electrons. The molecule has 0 aliphatic carbocycles. The Morgan fingerprint density at radius 3 is 2.65 bits per heavy atom. The molecule has 1 fully saturated rings. The molecular formula is C28H29F3N6O3. The maximum atomic E-state index is 13.9. The highest BCUT2D eigenvalue weighted by Gasteiger charge is 2.40. The van der Waals surface area contributed by atoms with Gasteiger partial charge in [-0.3, -0.25) is 4.79 Å². The van der Waals surface area contributed by atoms with E-state index in [1.54, 1.807) is 32.0 Å². The van der Waals surface area contributed by atoms with Crippen molar-refractivity contribution >= 4 is 29.0 Å². The molecule has 210 valence electrons. The van der Waals surface area contributed by atoms with Crippen molar-refractivity contribution in [2.75, 3.05) is 35.8 Å². The van der Waals surface area contributed by atoms with Gasteiger partial charge in [-0.1, -0.05) is 18.2 Å². The third-order valence-corrected chi connectivity index (χ3v) is 7.71. The molecule has 0 atom stereocenters. The molecule has 40 heavy (non-hydrogen) atoms. The Hall–Kier alpha value is -4.06. The number of nitrogens with zero attached hydrogens (tertiary/aromatic N) is 2. The van der Waals surface area contributed by atoms with Crippen molar-refractivity contribution in [3.05, 3.63) is 58.8 Å². The molecule has 3 aliphatic rings. The Morgan fingerprint density at radius 2 is 1.88 bits per heavy atom. The lowest BCUT2D eigenvalue weighted by molar-refractivity contribution is -0.137. The number of benzene rings is 2. The van der Waals surface area contributed by atoms with Crippen molar-refractivity contribution in [3.63, 3.8) is 0 Å². The number of hydrogen-bond acceptors (Lipinski definition) is 8. The molecule has 3 aliphatic heterocycles. The van der Waals surface area contributed by atoms with Crippen LogP contribution in [0.25, 0.3) is 0 Å². The third-order valence-electron chi connectivity index (χ3n) is 7.71. The van der Waals surface area contributed by atoms with Crippen molar-refractivity contribution in [2.24, 2.45) is 0 Å². The number of anilines is 4.